The third kappa shape index (κ3) is 3.23. The highest BCUT2D eigenvalue weighted by molar-refractivity contribution is 7.80. The minimum absolute atomic E-state index is 0.192. The summed E-state index contributed by atoms with van der Waals surface area (Å²) in [6.45, 7) is 4.83. The molecule has 2 N–H and O–H groups in total. The molecular weight excluding hydrogens is 236 g/mol. The van der Waals surface area contributed by atoms with E-state index in [0.717, 1.165) is 25.0 Å². The van der Waals surface area contributed by atoms with E-state index < -0.39 is 0 Å². The molecule has 17 heavy (non-hydrogen) atoms. The van der Waals surface area contributed by atoms with Crippen LogP contribution in [0, 0.1) is 0 Å². The van der Waals surface area contributed by atoms with Gasteiger partial charge in [0.15, 0.2) is 0 Å². The Kier molecular flexibility index (Phi) is 5.50. The summed E-state index contributed by atoms with van der Waals surface area (Å²) in [5, 5.41) is 8.24. The topological polar surface area (TPSA) is 66.0 Å². The fourth-order valence-electron chi connectivity index (χ4n) is 1.82. The predicted molar refractivity (Wildman–Crippen MR) is 71.1 cm³/mol. The molecule has 0 aliphatic heterocycles. The van der Waals surface area contributed by atoms with Crippen molar-refractivity contribution in [3.05, 3.63) is 11.4 Å². The molecular formula is C11H20N4OS. The standard InChI is InChI=1S/C11H20N4OS/c1-4-6-9-10(11(12)17)13-14-15(9)8(5-2)7-16-3/h8H,4-7H2,1-3H3,(H2,12,17). The first-order valence-electron chi connectivity index (χ1n) is 5.88. The second kappa shape index (κ2) is 6.66. The maximum atomic E-state index is 5.66. The summed E-state index contributed by atoms with van der Waals surface area (Å²) in [4.78, 5) is 0.312. The van der Waals surface area contributed by atoms with Gasteiger partial charge in [0.2, 0.25) is 0 Å². The summed E-state index contributed by atoms with van der Waals surface area (Å²) >= 11 is 5.00. The van der Waals surface area contributed by atoms with Gasteiger partial charge in [-0.2, -0.15) is 0 Å². The number of hydrogen-bond donors (Lipinski definition) is 1. The van der Waals surface area contributed by atoms with Gasteiger partial charge in [0, 0.05) is 7.11 Å². The van der Waals surface area contributed by atoms with Crippen molar-refractivity contribution < 1.29 is 4.74 Å². The van der Waals surface area contributed by atoms with Crippen LogP contribution in [0.1, 0.15) is 44.1 Å². The molecule has 0 bridgehead atoms. The average Bonchev–Trinajstić information content (AvgIpc) is 2.70. The van der Waals surface area contributed by atoms with Crippen LogP contribution in [0.25, 0.3) is 0 Å². The van der Waals surface area contributed by atoms with Crippen molar-refractivity contribution in [2.75, 3.05) is 13.7 Å². The second-order valence-electron chi connectivity index (χ2n) is 3.96. The Morgan fingerprint density at radius 3 is 2.71 bits per heavy atom. The number of nitrogens with zero attached hydrogens (tertiary/aromatic N) is 3. The number of methoxy groups -OCH3 is 1. The number of nitrogens with two attached hydrogens (primary N) is 1. The monoisotopic (exact) mass is 256 g/mol. The summed E-state index contributed by atoms with van der Waals surface area (Å²) in [5.41, 5.74) is 7.33. The molecule has 0 saturated heterocycles. The van der Waals surface area contributed by atoms with Crippen molar-refractivity contribution in [3.63, 3.8) is 0 Å². The molecule has 0 amide bonds. The lowest BCUT2D eigenvalue weighted by Gasteiger charge is -2.16. The van der Waals surface area contributed by atoms with Crippen molar-refractivity contribution >= 4 is 17.2 Å². The molecule has 0 spiro atoms. The summed E-state index contributed by atoms with van der Waals surface area (Å²) in [7, 11) is 1.69. The molecule has 0 aromatic carbocycles. The van der Waals surface area contributed by atoms with Crippen LogP contribution in [0.2, 0.25) is 0 Å². The van der Waals surface area contributed by atoms with E-state index in [9.17, 15) is 0 Å². The summed E-state index contributed by atoms with van der Waals surface area (Å²) in [6, 6.07) is 0.192. The van der Waals surface area contributed by atoms with Crippen molar-refractivity contribution in [1.29, 1.82) is 0 Å². The maximum Gasteiger partial charge on any atom is 0.143 e. The highest BCUT2D eigenvalue weighted by atomic mass is 32.1. The molecule has 0 aliphatic carbocycles. The van der Waals surface area contributed by atoms with Gasteiger partial charge in [0.1, 0.15) is 10.7 Å². The Labute approximate surface area is 107 Å². The van der Waals surface area contributed by atoms with Crippen molar-refractivity contribution in [2.45, 2.75) is 39.2 Å². The molecule has 5 nitrogen and oxygen atoms in total. The van der Waals surface area contributed by atoms with Crippen molar-refractivity contribution in [1.82, 2.24) is 15.0 Å². The Hall–Kier alpha value is -1.01. The number of rotatable bonds is 7. The molecule has 1 unspecified atom stereocenters. The van der Waals surface area contributed by atoms with E-state index in [1.165, 1.54) is 0 Å². The predicted octanol–water partition coefficient (Wildman–Crippen LogP) is 1.46. The zero-order valence-corrected chi connectivity index (χ0v) is 11.5. The lowest BCUT2D eigenvalue weighted by molar-refractivity contribution is 0.145. The largest absolute Gasteiger partial charge is 0.388 e. The molecule has 1 rings (SSSR count). The first-order valence-corrected chi connectivity index (χ1v) is 6.29. The fourth-order valence-corrected chi connectivity index (χ4v) is 1.98. The number of aromatic nitrogens is 3. The highest BCUT2D eigenvalue weighted by Gasteiger charge is 2.19. The van der Waals surface area contributed by atoms with Gasteiger partial charge in [0.25, 0.3) is 0 Å². The smallest absolute Gasteiger partial charge is 0.143 e. The summed E-state index contributed by atoms with van der Waals surface area (Å²) in [5.74, 6) is 0. The van der Waals surface area contributed by atoms with Crippen LogP contribution in [0.5, 0.6) is 0 Å². The van der Waals surface area contributed by atoms with Crippen LogP contribution < -0.4 is 5.73 Å². The molecule has 0 saturated carbocycles. The molecule has 0 fully saturated rings. The van der Waals surface area contributed by atoms with Gasteiger partial charge in [-0.15, -0.1) is 5.10 Å². The van der Waals surface area contributed by atoms with Gasteiger partial charge in [-0.3, -0.25) is 0 Å². The van der Waals surface area contributed by atoms with E-state index >= 15 is 0 Å². The van der Waals surface area contributed by atoms with Gasteiger partial charge in [-0.25, -0.2) is 4.68 Å². The van der Waals surface area contributed by atoms with Crippen LogP contribution in [-0.2, 0) is 11.2 Å². The van der Waals surface area contributed by atoms with E-state index in [1.807, 2.05) is 4.68 Å². The van der Waals surface area contributed by atoms with Gasteiger partial charge < -0.3 is 10.5 Å². The summed E-state index contributed by atoms with van der Waals surface area (Å²) in [6.07, 6.45) is 2.82. The highest BCUT2D eigenvalue weighted by Crippen LogP contribution is 2.17. The minimum Gasteiger partial charge on any atom is -0.388 e. The molecule has 1 aromatic rings. The SMILES string of the molecule is CCCc1c(C(N)=S)nnn1C(CC)COC. The van der Waals surface area contributed by atoms with Crippen molar-refractivity contribution in [3.8, 4) is 0 Å². The first-order chi connectivity index (χ1) is 8.15. The minimum atomic E-state index is 0.192. The zero-order chi connectivity index (χ0) is 12.8. The Bertz CT molecular complexity index is 378. The molecule has 1 heterocycles. The van der Waals surface area contributed by atoms with Gasteiger partial charge >= 0.3 is 0 Å². The second-order valence-corrected chi connectivity index (χ2v) is 4.40. The lowest BCUT2D eigenvalue weighted by atomic mass is 10.1. The molecule has 1 atom stereocenters. The number of ether oxygens (including phenoxy) is 1. The molecule has 0 aliphatic rings. The van der Waals surface area contributed by atoms with E-state index in [4.69, 9.17) is 22.7 Å². The van der Waals surface area contributed by atoms with Gasteiger partial charge in [0.05, 0.1) is 18.3 Å². The maximum absolute atomic E-state index is 5.66. The number of thiocarbonyl (C=S) groups is 1. The van der Waals surface area contributed by atoms with Gasteiger partial charge in [-0.05, 0) is 12.8 Å². The van der Waals surface area contributed by atoms with Crippen LogP contribution in [-0.4, -0.2) is 33.7 Å². The Morgan fingerprint density at radius 2 is 2.24 bits per heavy atom. The van der Waals surface area contributed by atoms with Crippen LogP contribution >= 0.6 is 12.2 Å². The first kappa shape index (κ1) is 14.1. The molecule has 0 radical (unpaired) electrons. The third-order valence-corrected chi connectivity index (χ3v) is 2.88. The third-order valence-electron chi connectivity index (χ3n) is 2.69. The molecule has 96 valence electrons. The average molecular weight is 256 g/mol. The molecule has 6 heteroatoms. The zero-order valence-electron chi connectivity index (χ0n) is 10.6. The van der Waals surface area contributed by atoms with Crippen LogP contribution in [0.3, 0.4) is 0 Å². The quantitative estimate of drug-likeness (QED) is 0.748. The van der Waals surface area contributed by atoms with Gasteiger partial charge in [-0.1, -0.05) is 37.7 Å². The van der Waals surface area contributed by atoms with Crippen LogP contribution in [0.4, 0.5) is 0 Å². The summed E-state index contributed by atoms with van der Waals surface area (Å²) < 4.78 is 7.10. The van der Waals surface area contributed by atoms with E-state index in [2.05, 4.69) is 24.2 Å². The lowest BCUT2D eigenvalue weighted by Crippen LogP contribution is -2.19. The normalized spacial score (nSPS) is 12.6. The van der Waals surface area contributed by atoms with Crippen LogP contribution in [0.15, 0.2) is 0 Å². The van der Waals surface area contributed by atoms with E-state index in [0.29, 0.717) is 17.3 Å². The fraction of sp³-hybridized carbons (Fsp3) is 0.727. The van der Waals surface area contributed by atoms with E-state index in [-0.39, 0.29) is 6.04 Å². The Morgan fingerprint density at radius 1 is 1.53 bits per heavy atom. The Balaban J connectivity index is 3.09. The van der Waals surface area contributed by atoms with E-state index in [1.54, 1.807) is 7.11 Å². The number of hydrogen-bond acceptors (Lipinski definition) is 4. The van der Waals surface area contributed by atoms with Crippen molar-refractivity contribution in [2.24, 2.45) is 5.73 Å². The molecule has 1 aromatic heterocycles.